The molecule has 0 aliphatic heterocycles. The first-order valence-electron chi connectivity index (χ1n) is 10.9. The molecule has 0 aromatic rings. The van der Waals surface area contributed by atoms with Crippen LogP contribution in [0.4, 0.5) is 0 Å². The molecule has 0 aromatic carbocycles. The van der Waals surface area contributed by atoms with Gasteiger partial charge in [-0.3, -0.25) is 14.4 Å². The maximum absolute atomic E-state index is 11.6. The van der Waals surface area contributed by atoms with Gasteiger partial charge >= 0.3 is 0 Å². The first-order valence-corrected chi connectivity index (χ1v) is 10.9. The van der Waals surface area contributed by atoms with Gasteiger partial charge in [0.15, 0.2) is 0 Å². The normalized spacial score (nSPS) is 10.7. The van der Waals surface area contributed by atoms with E-state index in [9.17, 15) is 14.4 Å². The Morgan fingerprint density at radius 1 is 0.485 bits per heavy atom. The monoisotopic (exact) mass is 480 g/mol. The summed E-state index contributed by atoms with van der Waals surface area (Å²) in [5.74, 6) is -0.672. The first-order chi connectivity index (χ1) is 16.1. The summed E-state index contributed by atoms with van der Waals surface area (Å²) in [6.45, 7) is 4.65. The lowest BCUT2D eigenvalue weighted by Gasteiger charge is -2.09. The van der Waals surface area contributed by atoms with Crippen LogP contribution in [0.2, 0.25) is 0 Å². The Kier molecular flexibility index (Phi) is 23.4. The molecule has 0 bridgehead atoms. The third-order valence-corrected chi connectivity index (χ3v) is 3.73. The Labute approximate surface area is 195 Å². The molecular formula is C20H40N4O9. The summed E-state index contributed by atoms with van der Waals surface area (Å²) in [4.78, 5) is 34.1. The Balaban J connectivity index is 3.29. The molecule has 0 fully saturated rings. The van der Waals surface area contributed by atoms with Crippen molar-refractivity contribution >= 4 is 17.7 Å². The van der Waals surface area contributed by atoms with Crippen LogP contribution in [0.3, 0.4) is 0 Å². The molecule has 0 aliphatic carbocycles. The van der Waals surface area contributed by atoms with Gasteiger partial charge in [0.05, 0.1) is 59.5 Å². The van der Waals surface area contributed by atoms with Gasteiger partial charge in [-0.1, -0.05) is 0 Å². The van der Waals surface area contributed by atoms with Gasteiger partial charge in [-0.05, 0) is 7.05 Å². The van der Waals surface area contributed by atoms with E-state index in [2.05, 4.69) is 21.3 Å². The predicted octanol–water partition coefficient (Wildman–Crippen LogP) is -2.72. The Hall–Kier alpha value is -1.87. The summed E-state index contributed by atoms with van der Waals surface area (Å²) >= 11 is 0. The van der Waals surface area contributed by atoms with E-state index in [4.69, 9.17) is 28.4 Å². The van der Waals surface area contributed by atoms with Crippen LogP contribution in [0.5, 0.6) is 0 Å². The van der Waals surface area contributed by atoms with E-state index in [0.717, 1.165) is 6.54 Å². The second kappa shape index (κ2) is 24.8. The van der Waals surface area contributed by atoms with Crippen molar-refractivity contribution in [3.8, 4) is 0 Å². The Morgan fingerprint density at radius 3 is 1.24 bits per heavy atom. The molecule has 0 spiro atoms. The highest BCUT2D eigenvalue weighted by Crippen LogP contribution is 1.83. The molecule has 3 amide bonds. The summed E-state index contributed by atoms with van der Waals surface area (Å²) in [5, 5.41) is 10.7. The summed E-state index contributed by atoms with van der Waals surface area (Å²) < 4.78 is 31.3. The lowest BCUT2D eigenvalue weighted by Crippen LogP contribution is -2.32. The van der Waals surface area contributed by atoms with Gasteiger partial charge in [0.2, 0.25) is 17.7 Å². The fourth-order valence-corrected chi connectivity index (χ4v) is 2.03. The molecule has 0 atom stereocenters. The molecule has 0 aromatic heterocycles. The van der Waals surface area contributed by atoms with Gasteiger partial charge in [0, 0.05) is 26.7 Å². The molecule has 0 aliphatic rings. The van der Waals surface area contributed by atoms with Crippen molar-refractivity contribution in [1.29, 1.82) is 0 Å². The molecule has 4 N–H and O–H groups in total. The van der Waals surface area contributed by atoms with Crippen LogP contribution in [0, 0.1) is 0 Å². The molecule has 0 saturated carbocycles. The van der Waals surface area contributed by atoms with Crippen molar-refractivity contribution in [2.45, 2.75) is 0 Å². The van der Waals surface area contributed by atoms with Crippen LogP contribution >= 0.6 is 0 Å². The number of ether oxygens (including phenoxy) is 6. The van der Waals surface area contributed by atoms with E-state index >= 15 is 0 Å². The van der Waals surface area contributed by atoms with E-state index in [1.807, 2.05) is 7.05 Å². The molecule has 0 heterocycles. The lowest BCUT2D eigenvalue weighted by molar-refractivity contribution is -0.127. The van der Waals surface area contributed by atoms with Gasteiger partial charge in [-0.25, -0.2) is 0 Å². The van der Waals surface area contributed by atoms with Crippen LogP contribution in [0.1, 0.15) is 0 Å². The predicted molar refractivity (Wildman–Crippen MR) is 119 cm³/mol. The zero-order chi connectivity index (χ0) is 24.4. The summed E-state index contributed by atoms with van der Waals surface area (Å²) in [6, 6.07) is 0. The first kappa shape index (κ1) is 31.1. The third-order valence-electron chi connectivity index (χ3n) is 3.73. The number of likely N-dealkylation sites (N-methyl/N-ethyl adjacent to an activating group) is 2. The largest absolute Gasteiger partial charge is 0.378 e. The van der Waals surface area contributed by atoms with Gasteiger partial charge in [-0.2, -0.15) is 0 Å². The number of hydrogen-bond acceptors (Lipinski definition) is 10. The van der Waals surface area contributed by atoms with E-state index in [1.54, 1.807) is 0 Å². The van der Waals surface area contributed by atoms with Crippen molar-refractivity contribution in [2.75, 3.05) is 113 Å². The third kappa shape index (κ3) is 24.6. The topological polar surface area (TPSA) is 155 Å². The molecule has 33 heavy (non-hydrogen) atoms. The molecular weight excluding hydrogens is 440 g/mol. The highest BCUT2D eigenvalue weighted by molar-refractivity contribution is 5.77. The minimum absolute atomic E-state index is 0.00471. The minimum Gasteiger partial charge on any atom is -0.378 e. The second-order valence-corrected chi connectivity index (χ2v) is 6.47. The average Bonchev–Trinajstić information content (AvgIpc) is 2.81. The zero-order valence-corrected chi connectivity index (χ0v) is 19.8. The summed E-state index contributed by atoms with van der Waals surface area (Å²) in [5.41, 5.74) is 0. The molecule has 194 valence electrons. The van der Waals surface area contributed by atoms with Crippen LogP contribution in [-0.2, 0) is 42.8 Å². The van der Waals surface area contributed by atoms with E-state index in [0.29, 0.717) is 65.9 Å². The Morgan fingerprint density at radius 2 is 0.848 bits per heavy atom. The second-order valence-electron chi connectivity index (χ2n) is 6.47. The van der Waals surface area contributed by atoms with E-state index in [-0.39, 0.29) is 44.1 Å². The number of nitrogens with one attached hydrogen (secondary N) is 4. The standard InChI is InChI=1S/C20H40N4O9/c1-21-3-6-28-9-13-32-16-19(26)24-5-8-30-11-14-33-17-20(27)23-4-7-29-10-12-31-15-18(25)22-2/h21H,3-17H2,1-2H3,(H,22,25)(H,23,27)(H,24,26). The maximum atomic E-state index is 11.6. The fourth-order valence-electron chi connectivity index (χ4n) is 2.03. The highest BCUT2D eigenvalue weighted by Gasteiger charge is 2.02. The number of carbonyl (C=O) groups excluding carboxylic acids is 3. The van der Waals surface area contributed by atoms with Gasteiger partial charge in [-0.15, -0.1) is 0 Å². The highest BCUT2D eigenvalue weighted by atomic mass is 16.5. The molecule has 0 radical (unpaired) electrons. The van der Waals surface area contributed by atoms with E-state index in [1.165, 1.54) is 7.05 Å². The fraction of sp³-hybridized carbons (Fsp3) is 0.850. The number of carbonyl (C=O) groups is 3. The van der Waals surface area contributed by atoms with Crippen molar-refractivity contribution < 1.29 is 42.8 Å². The average molecular weight is 481 g/mol. The lowest BCUT2D eigenvalue weighted by atomic mass is 10.5. The molecule has 0 rings (SSSR count). The van der Waals surface area contributed by atoms with Gasteiger partial charge < -0.3 is 49.7 Å². The molecule has 13 heteroatoms. The van der Waals surface area contributed by atoms with Crippen LogP contribution in [-0.4, -0.2) is 131 Å². The molecule has 13 nitrogen and oxygen atoms in total. The van der Waals surface area contributed by atoms with Crippen molar-refractivity contribution in [2.24, 2.45) is 0 Å². The number of rotatable bonds is 24. The van der Waals surface area contributed by atoms with Gasteiger partial charge in [0.1, 0.15) is 19.8 Å². The van der Waals surface area contributed by atoms with Gasteiger partial charge in [0.25, 0.3) is 0 Å². The molecule has 0 saturated heterocycles. The summed E-state index contributed by atoms with van der Waals surface area (Å²) in [7, 11) is 3.38. The van der Waals surface area contributed by atoms with Crippen molar-refractivity contribution in [3.63, 3.8) is 0 Å². The maximum Gasteiger partial charge on any atom is 0.246 e. The summed E-state index contributed by atoms with van der Waals surface area (Å²) in [6.07, 6.45) is 0. The molecule has 0 unspecified atom stereocenters. The van der Waals surface area contributed by atoms with Crippen LogP contribution < -0.4 is 21.3 Å². The number of amides is 3. The SMILES string of the molecule is CNCCOCCOCC(=O)NCCOCCOCC(=O)NCCOCCOCC(=O)NC. The van der Waals surface area contributed by atoms with Crippen molar-refractivity contribution in [3.05, 3.63) is 0 Å². The Bertz CT molecular complexity index is 498. The minimum atomic E-state index is -0.255. The smallest absolute Gasteiger partial charge is 0.246 e. The van der Waals surface area contributed by atoms with Crippen LogP contribution in [0.25, 0.3) is 0 Å². The number of hydrogen-bond donors (Lipinski definition) is 4. The van der Waals surface area contributed by atoms with Crippen molar-refractivity contribution in [1.82, 2.24) is 21.3 Å². The quantitative estimate of drug-likeness (QED) is 0.107. The van der Waals surface area contributed by atoms with Crippen LogP contribution in [0.15, 0.2) is 0 Å². The van der Waals surface area contributed by atoms with E-state index < -0.39 is 0 Å². The zero-order valence-electron chi connectivity index (χ0n) is 19.8.